The molecule has 0 aliphatic rings. The Morgan fingerprint density at radius 3 is 2.74 bits per heavy atom. The smallest absolute Gasteiger partial charge is 0.213 e. The van der Waals surface area contributed by atoms with Gasteiger partial charge in [-0.1, -0.05) is 22.0 Å². The topological polar surface area (TPSA) is 52.6 Å². The monoisotopic (exact) mass is 380 g/mol. The molecule has 0 bridgehead atoms. The normalized spacial score (nSPS) is 10.4. The average molecular weight is 381 g/mol. The molecular weight excluding hydrogens is 360 g/mol. The standard InChI is InChI=1S/C17H21BrN2O3/c1-3-22-17-13(14(18)7-8-15(17)21-2)12-19-10-11-23-16-6-4-5-9-20-16/h4-9,19H,3,10-12H2,1-2H3. The SMILES string of the molecule is CCOc1c(OC)ccc(Br)c1CNCCOc1ccccn1. The molecule has 0 unspecified atom stereocenters. The van der Waals surface area contributed by atoms with Crippen LogP contribution in [-0.4, -0.2) is 31.9 Å². The number of pyridine rings is 1. The van der Waals surface area contributed by atoms with Gasteiger partial charge in [0.05, 0.1) is 13.7 Å². The van der Waals surface area contributed by atoms with Crippen molar-refractivity contribution in [3.05, 3.63) is 46.6 Å². The zero-order chi connectivity index (χ0) is 16.5. The van der Waals surface area contributed by atoms with Gasteiger partial charge in [-0.05, 0) is 25.1 Å². The third kappa shape index (κ3) is 5.11. The highest BCUT2D eigenvalue weighted by atomic mass is 79.9. The van der Waals surface area contributed by atoms with Gasteiger partial charge in [0.15, 0.2) is 11.5 Å². The minimum absolute atomic E-state index is 0.544. The lowest BCUT2D eigenvalue weighted by Crippen LogP contribution is -2.21. The summed E-state index contributed by atoms with van der Waals surface area (Å²) >= 11 is 3.57. The molecular formula is C17H21BrN2O3. The van der Waals surface area contributed by atoms with E-state index in [0.29, 0.717) is 32.2 Å². The Morgan fingerprint density at radius 2 is 2.04 bits per heavy atom. The molecule has 2 rings (SSSR count). The van der Waals surface area contributed by atoms with Gasteiger partial charge in [-0.2, -0.15) is 0 Å². The van der Waals surface area contributed by atoms with Crippen molar-refractivity contribution in [1.29, 1.82) is 0 Å². The van der Waals surface area contributed by atoms with Crippen LogP contribution in [0.4, 0.5) is 0 Å². The van der Waals surface area contributed by atoms with Crippen LogP contribution in [0.25, 0.3) is 0 Å². The first-order chi connectivity index (χ1) is 11.3. The van der Waals surface area contributed by atoms with Crippen molar-refractivity contribution in [3.63, 3.8) is 0 Å². The fraction of sp³-hybridized carbons (Fsp3) is 0.353. The molecule has 0 aliphatic heterocycles. The van der Waals surface area contributed by atoms with Crippen LogP contribution in [0, 0.1) is 0 Å². The summed E-state index contributed by atoms with van der Waals surface area (Å²) in [6.07, 6.45) is 1.71. The largest absolute Gasteiger partial charge is 0.493 e. The van der Waals surface area contributed by atoms with Crippen LogP contribution in [0.5, 0.6) is 17.4 Å². The molecule has 0 amide bonds. The maximum atomic E-state index is 5.73. The van der Waals surface area contributed by atoms with E-state index >= 15 is 0 Å². The minimum Gasteiger partial charge on any atom is -0.493 e. The zero-order valence-corrected chi connectivity index (χ0v) is 14.9. The van der Waals surface area contributed by atoms with Crippen LogP contribution in [-0.2, 0) is 6.54 Å². The maximum absolute atomic E-state index is 5.73. The second kappa shape index (κ2) is 9.37. The first-order valence-electron chi connectivity index (χ1n) is 7.49. The van der Waals surface area contributed by atoms with Crippen molar-refractivity contribution < 1.29 is 14.2 Å². The predicted octanol–water partition coefficient (Wildman–Crippen LogP) is 3.42. The minimum atomic E-state index is 0.544. The van der Waals surface area contributed by atoms with Crippen LogP contribution in [0.2, 0.25) is 0 Å². The first-order valence-corrected chi connectivity index (χ1v) is 8.28. The second-order valence-electron chi connectivity index (χ2n) is 4.68. The molecule has 0 spiro atoms. The van der Waals surface area contributed by atoms with E-state index in [1.54, 1.807) is 13.3 Å². The predicted molar refractivity (Wildman–Crippen MR) is 93.3 cm³/mol. The van der Waals surface area contributed by atoms with E-state index in [0.717, 1.165) is 21.5 Å². The van der Waals surface area contributed by atoms with Crippen molar-refractivity contribution in [2.45, 2.75) is 13.5 Å². The van der Waals surface area contributed by atoms with Crippen LogP contribution >= 0.6 is 15.9 Å². The highest BCUT2D eigenvalue weighted by molar-refractivity contribution is 9.10. The van der Waals surface area contributed by atoms with Gasteiger partial charge >= 0.3 is 0 Å². The molecule has 1 aromatic heterocycles. The number of aromatic nitrogens is 1. The van der Waals surface area contributed by atoms with Gasteiger partial charge in [0, 0.05) is 35.4 Å². The Morgan fingerprint density at radius 1 is 1.17 bits per heavy atom. The third-order valence-corrected chi connectivity index (χ3v) is 3.89. The number of methoxy groups -OCH3 is 1. The lowest BCUT2D eigenvalue weighted by Gasteiger charge is -2.16. The molecule has 6 heteroatoms. The molecule has 1 aromatic carbocycles. The van der Waals surface area contributed by atoms with Gasteiger partial charge in [0.2, 0.25) is 5.88 Å². The number of ether oxygens (including phenoxy) is 3. The van der Waals surface area contributed by atoms with Crippen LogP contribution in [0.3, 0.4) is 0 Å². The third-order valence-electron chi connectivity index (χ3n) is 3.14. The molecule has 0 radical (unpaired) electrons. The Balaban J connectivity index is 1.89. The fourth-order valence-corrected chi connectivity index (χ4v) is 2.54. The number of nitrogens with zero attached hydrogens (tertiary/aromatic N) is 1. The molecule has 1 heterocycles. The quantitative estimate of drug-likeness (QED) is 0.675. The van der Waals surface area contributed by atoms with E-state index < -0.39 is 0 Å². The lowest BCUT2D eigenvalue weighted by atomic mass is 10.2. The molecule has 0 fully saturated rings. The Bertz CT molecular complexity index is 608. The molecule has 0 saturated carbocycles. The van der Waals surface area contributed by atoms with Gasteiger partial charge in [-0.25, -0.2) is 4.98 Å². The summed E-state index contributed by atoms with van der Waals surface area (Å²) in [7, 11) is 1.64. The number of benzene rings is 1. The summed E-state index contributed by atoms with van der Waals surface area (Å²) in [6.45, 7) is 4.44. The molecule has 0 saturated heterocycles. The van der Waals surface area contributed by atoms with E-state index in [1.807, 2.05) is 37.3 Å². The first kappa shape index (κ1) is 17.6. The second-order valence-corrected chi connectivity index (χ2v) is 5.54. The molecule has 1 N–H and O–H groups in total. The molecule has 2 aromatic rings. The fourth-order valence-electron chi connectivity index (χ4n) is 2.08. The maximum Gasteiger partial charge on any atom is 0.213 e. The Kier molecular flexibility index (Phi) is 7.16. The van der Waals surface area contributed by atoms with Crippen molar-refractivity contribution in [3.8, 4) is 17.4 Å². The van der Waals surface area contributed by atoms with E-state index in [4.69, 9.17) is 14.2 Å². The van der Waals surface area contributed by atoms with Crippen molar-refractivity contribution >= 4 is 15.9 Å². The van der Waals surface area contributed by atoms with E-state index in [9.17, 15) is 0 Å². The lowest BCUT2D eigenvalue weighted by molar-refractivity contribution is 0.296. The van der Waals surface area contributed by atoms with Gasteiger partial charge < -0.3 is 19.5 Å². The van der Waals surface area contributed by atoms with E-state index in [2.05, 4.69) is 26.2 Å². The highest BCUT2D eigenvalue weighted by Crippen LogP contribution is 2.36. The van der Waals surface area contributed by atoms with Crippen LogP contribution in [0.1, 0.15) is 12.5 Å². The summed E-state index contributed by atoms with van der Waals surface area (Å²) in [5, 5.41) is 3.34. The molecule has 23 heavy (non-hydrogen) atoms. The summed E-state index contributed by atoms with van der Waals surface area (Å²) in [4.78, 5) is 4.12. The van der Waals surface area contributed by atoms with Crippen LogP contribution < -0.4 is 19.5 Å². The van der Waals surface area contributed by atoms with Crippen LogP contribution in [0.15, 0.2) is 41.0 Å². The van der Waals surface area contributed by atoms with E-state index in [1.165, 1.54) is 0 Å². The summed E-state index contributed by atoms with van der Waals surface area (Å²) in [5.41, 5.74) is 1.03. The molecule has 0 aliphatic carbocycles. The van der Waals surface area contributed by atoms with Gasteiger partial charge in [0.1, 0.15) is 6.61 Å². The Hall–Kier alpha value is -1.79. The summed E-state index contributed by atoms with van der Waals surface area (Å²) < 4.78 is 17.6. The summed E-state index contributed by atoms with van der Waals surface area (Å²) in [6, 6.07) is 9.45. The van der Waals surface area contributed by atoms with Gasteiger partial charge in [0.25, 0.3) is 0 Å². The number of hydrogen-bond donors (Lipinski definition) is 1. The van der Waals surface area contributed by atoms with Crippen molar-refractivity contribution in [2.75, 3.05) is 26.9 Å². The highest BCUT2D eigenvalue weighted by Gasteiger charge is 2.13. The van der Waals surface area contributed by atoms with Gasteiger partial charge in [-0.3, -0.25) is 0 Å². The molecule has 0 atom stereocenters. The Labute approximate surface area is 145 Å². The molecule has 5 nitrogen and oxygen atoms in total. The van der Waals surface area contributed by atoms with Crippen molar-refractivity contribution in [2.24, 2.45) is 0 Å². The molecule has 124 valence electrons. The van der Waals surface area contributed by atoms with Crippen molar-refractivity contribution in [1.82, 2.24) is 10.3 Å². The zero-order valence-electron chi connectivity index (χ0n) is 13.3. The number of hydrogen-bond acceptors (Lipinski definition) is 5. The number of halogens is 1. The number of nitrogens with one attached hydrogen (secondary N) is 1. The van der Waals surface area contributed by atoms with Gasteiger partial charge in [-0.15, -0.1) is 0 Å². The van der Waals surface area contributed by atoms with E-state index in [-0.39, 0.29) is 0 Å². The average Bonchev–Trinajstić information content (AvgIpc) is 2.58. The number of rotatable bonds is 9. The summed E-state index contributed by atoms with van der Waals surface area (Å²) in [5.74, 6) is 2.13.